The molecule has 88 valence electrons. The average molecular weight is 222 g/mol. The zero-order valence-corrected chi connectivity index (χ0v) is 9.81. The lowest BCUT2D eigenvalue weighted by atomic mass is 9.85. The maximum Gasteiger partial charge on any atom is 0.303 e. The highest BCUT2D eigenvalue weighted by molar-refractivity contribution is 5.67. The summed E-state index contributed by atoms with van der Waals surface area (Å²) in [5.74, 6) is -0.403. The van der Waals surface area contributed by atoms with Gasteiger partial charge in [0.2, 0.25) is 0 Å². The number of aliphatic carboxylic acids is 1. The first-order valence-corrected chi connectivity index (χ1v) is 5.85. The second kappa shape index (κ2) is 4.28. The minimum atomic E-state index is -0.690. The minimum Gasteiger partial charge on any atom is -0.481 e. The molecule has 1 aromatic heterocycles. The maximum atomic E-state index is 10.7. The molecule has 0 bridgehead atoms. The van der Waals surface area contributed by atoms with Crippen molar-refractivity contribution in [1.82, 2.24) is 9.78 Å². The fourth-order valence-electron chi connectivity index (χ4n) is 2.49. The van der Waals surface area contributed by atoms with E-state index in [2.05, 4.69) is 23.6 Å². The van der Waals surface area contributed by atoms with Crippen LogP contribution in [0.5, 0.6) is 0 Å². The highest BCUT2D eigenvalue weighted by Gasteiger charge is 2.24. The first-order chi connectivity index (χ1) is 7.58. The lowest BCUT2D eigenvalue weighted by molar-refractivity contribution is -0.138. The van der Waals surface area contributed by atoms with E-state index in [1.165, 1.54) is 11.3 Å². The van der Waals surface area contributed by atoms with Crippen molar-refractivity contribution in [3.63, 3.8) is 0 Å². The number of rotatable bonds is 3. The van der Waals surface area contributed by atoms with Crippen molar-refractivity contribution in [3.05, 3.63) is 17.5 Å². The summed E-state index contributed by atoms with van der Waals surface area (Å²) in [4.78, 5) is 10.7. The van der Waals surface area contributed by atoms with Gasteiger partial charge in [-0.25, -0.2) is 0 Å². The van der Waals surface area contributed by atoms with E-state index < -0.39 is 5.97 Å². The molecule has 0 saturated carbocycles. The quantitative estimate of drug-likeness (QED) is 0.851. The Bertz CT molecular complexity index is 396. The molecule has 0 radical (unpaired) electrons. The standard InChI is InChI=1S/C12H18N2O2/c1-8(2)14-11-4-3-9(6-12(15)16)5-10(11)7-13-14/h7-9H,3-6H2,1-2H3,(H,15,16). The summed E-state index contributed by atoms with van der Waals surface area (Å²) in [6.45, 7) is 4.24. The van der Waals surface area contributed by atoms with Crippen LogP contribution in [0.4, 0.5) is 0 Å². The number of nitrogens with zero attached hydrogens (tertiary/aromatic N) is 2. The van der Waals surface area contributed by atoms with Gasteiger partial charge in [0, 0.05) is 18.2 Å². The van der Waals surface area contributed by atoms with E-state index >= 15 is 0 Å². The molecule has 0 saturated heterocycles. The number of hydrogen-bond acceptors (Lipinski definition) is 2. The number of carbonyl (C=O) groups is 1. The number of fused-ring (bicyclic) bond motifs is 1. The Morgan fingerprint density at radius 3 is 3.06 bits per heavy atom. The highest BCUT2D eigenvalue weighted by Crippen LogP contribution is 2.28. The molecule has 1 atom stereocenters. The molecular formula is C12H18N2O2. The first-order valence-electron chi connectivity index (χ1n) is 5.85. The normalized spacial score (nSPS) is 19.8. The van der Waals surface area contributed by atoms with Crippen molar-refractivity contribution in [1.29, 1.82) is 0 Å². The lowest BCUT2D eigenvalue weighted by Crippen LogP contribution is -2.19. The molecule has 2 rings (SSSR count). The van der Waals surface area contributed by atoms with E-state index in [1.54, 1.807) is 0 Å². The molecule has 1 heterocycles. The van der Waals surface area contributed by atoms with E-state index in [1.807, 2.05) is 6.20 Å². The number of carboxylic acid groups (broad SMARTS) is 1. The van der Waals surface area contributed by atoms with Gasteiger partial charge >= 0.3 is 5.97 Å². The molecule has 4 nitrogen and oxygen atoms in total. The van der Waals surface area contributed by atoms with Gasteiger partial charge in [0.25, 0.3) is 0 Å². The van der Waals surface area contributed by atoms with Crippen molar-refractivity contribution in [2.24, 2.45) is 5.92 Å². The fourth-order valence-corrected chi connectivity index (χ4v) is 2.49. The Morgan fingerprint density at radius 1 is 1.69 bits per heavy atom. The fraction of sp³-hybridized carbons (Fsp3) is 0.667. The van der Waals surface area contributed by atoms with Crippen LogP contribution in [0.1, 0.15) is 44.0 Å². The van der Waals surface area contributed by atoms with Gasteiger partial charge in [0.1, 0.15) is 0 Å². The zero-order valence-electron chi connectivity index (χ0n) is 9.81. The Kier molecular flexibility index (Phi) is 2.99. The van der Waals surface area contributed by atoms with Crippen molar-refractivity contribution < 1.29 is 9.90 Å². The SMILES string of the molecule is CC(C)n1ncc2c1CCC(CC(=O)O)C2. The van der Waals surface area contributed by atoms with Crippen LogP contribution in [0.15, 0.2) is 6.20 Å². The largest absolute Gasteiger partial charge is 0.481 e. The summed E-state index contributed by atoms with van der Waals surface area (Å²) in [5.41, 5.74) is 2.54. The average Bonchev–Trinajstić information content (AvgIpc) is 2.59. The molecule has 0 aromatic carbocycles. The van der Waals surface area contributed by atoms with Crippen LogP contribution < -0.4 is 0 Å². The molecule has 0 fully saturated rings. The van der Waals surface area contributed by atoms with Crippen LogP contribution in [0.3, 0.4) is 0 Å². The molecule has 0 spiro atoms. The molecule has 16 heavy (non-hydrogen) atoms. The van der Waals surface area contributed by atoms with Crippen LogP contribution in [0, 0.1) is 5.92 Å². The summed E-state index contributed by atoms with van der Waals surface area (Å²) >= 11 is 0. The maximum absolute atomic E-state index is 10.7. The Labute approximate surface area is 95.3 Å². The molecule has 4 heteroatoms. The molecule has 1 aromatic rings. The monoisotopic (exact) mass is 222 g/mol. The molecule has 1 aliphatic carbocycles. The summed E-state index contributed by atoms with van der Waals surface area (Å²) in [6.07, 6.45) is 4.99. The summed E-state index contributed by atoms with van der Waals surface area (Å²) in [6, 6.07) is 0.389. The second-order valence-corrected chi connectivity index (χ2v) is 4.86. The van der Waals surface area contributed by atoms with E-state index in [-0.39, 0.29) is 12.3 Å². The molecule has 1 aliphatic rings. The van der Waals surface area contributed by atoms with Gasteiger partial charge in [-0.3, -0.25) is 9.48 Å². The number of aromatic nitrogens is 2. The van der Waals surface area contributed by atoms with Gasteiger partial charge < -0.3 is 5.11 Å². The van der Waals surface area contributed by atoms with Gasteiger partial charge in [-0.2, -0.15) is 5.10 Å². The second-order valence-electron chi connectivity index (χ2n) is 4.86. The van der Waals surface area contributed by atoms with E-state index in [9.17, 15) is 4.79 Å². The number of hydrogen-bond donors (Lipinski definition) is 1. The van der Waals surface area contributed by atoms with Crippen molar-refractivity contribution in [3.8, 4) is 0 Å². The third kappa shape index (κ3) is 2.10. The summed E-state index contributed by atoms with van der Waals surface area (Å²) in [5, 5.41) is 13.2. The van der Waals surface area contributed by atoms with Gasteiger partial charge in [-0.1, -0.05) is 0 Å². The molecule has 0 amide bonds. The lowest BCUT2D eigenvalue weighted by Gasteiger charge is -2.22. The Morgan fingerprint density at radius 2 is 2.44 bits per heavy atom. The topological polar surface area (TPSA) is 55.1 Å². The van der Waals surface area contributed by atoms with Crippen LogP contribution in [-0.4, -0.2) is 20.9 Å². The van der Waals surface area contributed by atoms with Gasteiger partial charge in [0.15, 0.2) is 0 Å². The Balaban J connectivity index is 2.13. The van der Waals surface area contributed by atoms with Crippen molar-refractivity contribution in [2.75, 3.05) is 0 Å². The molecular weight excluding hydrogens is 204 g/mol. The highest BCUT2D eigenvalue weighted by atomic mass is 16.4. The predicted octanol–water partition coefficient (Wildman–Crippen LogP) is 2.04. The van der Waals surface area contributed by atoms with E-state index in [0.717, 1.165) is 19.3 Å². The smallest absolute Gasteiger partial charge is 0.303 e. The minimum absolute atomic E-state index is 0.284. The van der Waals surface area contributed by atoms with Crippen LogP contribution in [0.2, 0.25) is 0 Å². The van der Waals surface area contributed by atoms with E-state index in [0.29, 0.717) is 6.04 Å². The van der Waals surface area contributed by atoms with Crippen molar-refractivity contribution >= 4 is 5.97 Å². The predicted molar refractivity (Wildman–Crippen MR) is 60.4 cm³/mol. The van der Waals surface area contributed by atoms with Gasteiger partial charge in [-0.05, 0) is 44.6 Å². The molecule has 1 unspecified atom stereocenters. The Hall–Kier alpha value is -1.32. The van der Waals surface area contributed by atoms with Crippen LogP contribution >= 0.6 is 0 Å². The van der Waals surface area contributed by atoms with Crippen molar-refractivity contribution in [2.45, 2.75) is 45.6 Å². The molecule has 0 aliphatic heterocycles. The summed E-state index contributed by atoms with van der Waals surface area (Å²) < 4.78 is 2.06. The summed E-state index contributed by atoms with van der Waals surface area (Å²) in [7, 11) is 0. The van der Waals surface area contributed by atoms with Crippen LogP contribution in [0.25, 0.3) is 0 Å². The van der Waals surface area contributed by atoms with Crippen LogP contribution in [-0.2, 0) is 17.6 Å². The third-order valence-corrected chi connectivity index (χ3v) is 3.24. The van der Waals surface area contributed by atoms with Gasteiger partial charge in [-0.15, -0.1) is 0 Å². The molecule has 1 N–H and O–H groups in total. The third-order valence-electron chi connectivity index (χ3n) is 3.24. The van der Waals surface area contributed by atoms with E-state index in [4.69, 9.17) is 5.11 Å². The number of carboxylic acids is 1. The first kappa shape index (κ1) is 11.2. The zero-order chi connectivity index (χ0) is 11.7. The van der Waals surface area contributed by atoms with Gasteiger partial charge in [0.05, 0.1) is 6.20 Å².